The first kappa shape index (κ1) is 21.2. The number of carbonyl (C=O) groups is 1. The van der Waals surface area contributed by atoms with E-state index < -0.39 is 0 Å². The lowest BCUT2D eigenvalue weighted by Crippen LogP contribution is -2.34. The van der Waals surface area contributed by atoms with E-state index >= 15 is 0 Å². The van der Waals surface area contributed by atoms with Crippen molar-refractivity contribution in [2.45, 2.75) is 48.9 Å². The molecule has 3 aromatic rings. The van der Waals surface area contributed by atoms with Crippen LogP contribution in [-0.4, -0.2) is 15.7 Å². The molecule has 6 rings (SSSR count). The molecule has 5 unspecified atom stereocenters. The normalized spacial score (nSPS) is 27.3. The van der Waals surface area contributed by atoms with Crippen LogP contribution in [0.2, 0.25) is 0 Å². The van der Waals surface area contributed by atoms with Crippen molar-refractivity contribution in [2.75, 3.05) is 5.32 Å². The molecule has 0 radical (unpaired) electrons. The van der Waals surface area contributed by atoms with Crippen molar-refractivity contribution in [3.05, 3.63) is 80.0 Å². The number of hydrogen-bond acceptors (Lipinski definition) is 4. The summed E-state index contributed by atoms with van der Waals surface area (Å²) in [6, 6.07) is 14.4. The van der Waals surface area contributed by atoms with Crippen LogP contribution >= 0.6 is 23.1 Å². The number of carbonyl (C=O) groups excluding carboxylic acids is 1. The molecule has 2 heterocycles. The molecule has 1 aliphatic heterocycles. The van der Waals surface area contributed by atoms with Crippen LogP contribution in [0.5, 0.6) is 0 Å². The van der Waals surface area contributed by atoms with E-state index in [2.05, 4.69) is 5.32 Å². The summed E-state index contributed by atoms with van der Waals surface area (Å²) in [5, 5.41) is 4.35. The van der Waals surface area contributed by atoms with Crippen LogP contribution in [-0.2, 0) is 11.3 Å². The summed E-state index contributed by atoms with van der Waals surface area (Å²) in [5.74, 6) is 1.45. The number of hydrogen-bond donors (Lipinski definition) is 1. The fourth-order valence-electron chi connectivity index (χ4n) is 6.18. The lowest BCUT2D eigenvalue weighted by atomic mass is 9.75. The van der Waals surface area contributed by atoms with Crippen LogP contribution < -0.4 is 10.2 Å². The Morgan fingerprint density at radius 1 is 1.12 bits per heavy atom. The Labute approximate surface area is 200 Å². The monoisotopic (exact) mass is 480 g/mol. The summed E-state index contributed by atoms with van der Waals surface area (Å²) < 4.78 is 15.4. The van der Waals surface area contributed by atoms with E-state index in [9.17, 15) is 14.0 Å². The molecule has 2 aliphatic carbocycles. The van der Waals surface area contributed by atoms with Gasteiger partial charge in [0.25, 0.3) is 0 Å². The molecule has 33 heavy (non-hydrogen) atoms. The molecule has 2 bridgehead atoms. The van der Waals surface area contributed by atoms with Crippen molar-refractivity contribution in [3.63, 3.8) is 0 Å². The van der Waals surface area contributed by atoms with Gasteiger partial charge in [0.1, 0.15) is 12.4 Å². The molecular formula is C26H25FN2O2S2. The molecule has 2 aromatic carbocycles. The van der Waals surface area contributed by atoms with Crippen molar-refractivity contribution in [1.82, 2.24) is 4.57 Å². The number of aromatic nitrogens is 1. The van der Waals surface area contributed by atoms with Crippen LogP contribution in [0.15, 0.2) is 58.4 Å². The number of halogens is 1. The first-order valence-corrected chi connectivity index (χ1v) is 13.2. The summed E-state index contributed by atoms with van der Waals surface area (Å²) in [6.45, 7) is 1.96. The van der Waals surface area contributed by atoms with Crippen LogP contribution in [0.3, 0.4) is 0 Å². The van der Waals surface area contributed by atoms with E-state index in [-0.39, 0.29) is 29.1 Å². The number of benzene rings is 2. The van der Waals surface area contributed by atoms with Gasteiger partial charge in [-0.3, -0.25) is 14.2 Å². The molecule has 7 heteroatoms. The minimum absolute atomic E-state index is 0.00756. The number of thiazole rings is 1. The maximum Gasteiger partial charge on any atom is 0.308 e. The van der Waals surface area contributed by atoms with Gasteiger partial charge in [-0.2, -0.15) is 0 Å². The summed E-state index contributed by atoms with van der Waals surface area (Å²) >= 11 is 3.07. The summed E-state index contributed by atoms with van der Waals surface area (Å²) in [7, 11) is 0. The minimum atomic E-state index is -0.243. The Morgan fingerprint density at radius 3 is 2.67 bits per heavy atom. The van der Waals surface area contributed by atoms with Gasteiger partial charge in [-0.1, -0.05) is 41.7 Å². The third-order valence-corrected chi connectivity index (χ3v) is 10.5. The minimum Gasteiger partial charge on any atom is -0.324 e. The van der Waals surface area contributed by atoms with E-state index in [1.54, 1.807) is 4.57 Å². The van der Waals surface area contributed by atoms with E-state index in [4.69, 9.17) is 0 Å². The smallest absolute Gasteiger partial charge is 0.308 e. The summed E-state index contributed by atoms with van der Waals surface area (Å²) in [6.07, 6.45) is 3.73. The molecule has 170 valence electrons. The Balaban J connectivity index is 1.37. The molecule has 1 N–H and O–H groups in total. The van der Waals surface area contributed by atoms with Gasteiger partial charge in [0.2, 0.25) is 5.91 Å². The van der Waals surface area contributed by atoms with Gasteiger partial charge in [0, 0.05) is 21.7 Å². The van der Waals surface area contributed by atoms with Gasteiger partial charge in [-0.15, -0.1) is 11.8 Å². The van der Waals surface area contributed by atoms with Crippen LogP contribution in [0, 0.1) is 30.5 Å². The quantitative estimate of drug-likeness (QED) is 0.525. The second-order valence-corrected chi connectivity index (χ2v) is 11.7. The number of thioether (sulfide) groups is 1. The van der Waals surface area contributed by atoms with Crippen molar-refractivity contribution in [2.24, 2.45) is 17.8 Å². The third-order valence-electron chi connectivity index (χ3n) is 7.64. The molecule has 1 aromatic heterocycles. The SMILES string of the molecule is Cc1ccccc1NC(=O)Cn1c2c(sc1=O)C(c1ccc(F)cc1)C1C3CCC(C3)C1S2. The molecule has 0 saturated heterocycles. The molecule has 2 saturated carbocycles. The Hall–Kier alpha value is -2.38. The lowest BCUT2D eigenvalue weighted by molar-refractivity contribution is -0.116. The van der Waals surface area contributed by atoms with Crippen LogP contribution in [0.25, 0.3) is 0 Å². The highest BCUT2D eigenvalue weighted by Gasteiger charge is 2.55. The molecule has 3 aliphatic rings. The predicted molar refractivity (Wildman–Crippen MR) is 131 cm³/mol. The van der Waals surface area contributed by atoms with Crippen LogP contribution in [0.1, 0.15) is 41.2 Å². The van der Waals surface area contributed by atoms with Crippen molar-refractivity contribution in [3.8, 4) is 0 Å². The van der Waals surface area contributed by atoms with E-state index in [1.807, 2.05) is 55.1 Å². The molecule has 1 amide bonds. The van der Waals surface area contributed by atoms with E-state index in [0.29, 0.717) is 23.0 Å². The van der Waals surface area contributed by atoms with E-state index in [0.717, 1.165) is 26.7 Å². The highest BCUT2D eigenvalue weighted by molar-refractivity contribution is 8.00. The van der Waals surface area contributed by atoms with Crippen molar-refractivity contribution in [1.29, 1.82) is 0 Å². The van der Waals surface area contributed by atoms with E-state index in [1.165, 1.54) is 42.7 Å². The number of nitrogens with zero attached hydrogens (tertiary/aromatic N) is 1. The first-order chi connectivity index (χ1) is 16.0. The number of anilines is 1. The highest BCUT2D eigenvalue weighted by atomic mass is 32.2. The third kappa shape index (κ3) is 3.56. The van der Waals surface area contributed by atoms with Gasteiger partial charge in [-0.25, -0.2) is 4.39 Å². The zero-order valence-corrected chi connectivity index (χ0v) is 19.9. The predicted octanol–water partition coefficient (Wildman–Crippen LogP) is 5.65. The zero-order valence-electron chi connectivity index (χ0n) is 18.3. The molecule has 2 fully saturated rings. The highest BCUT2D eigenvalue weighted by Crippen LogP contribution is 2.64. The molecule has 0 spiro atoms. The number of fused-ring (bicyclic) bond motifs is 6. The lowest BCUT2D eigenvalue weighted by Gasteiger charge is -2.40. The number of aryl methyl sites for hydroxylation is 1. The second kappa shape index (κ2) is 8.13. The fourth-order valence-corrected chi connectivity index (χ4v) is 9.33. The Bertz CT molecular complexity index is 1280. The number of rotatable bonds is 4. The Kier molecular flexibility index (Phi) is 5.22. The maximum absolute atomic E-state index is 13.7. The first-order valence-electron chi connectivity index (χ1n) is 11.5. The van der Waals surface area contributed by atoms with Crippen LogP contribution in [0.4, 0.5) is 10.1 Å². The maximum atomic E-state index is 13.7. The zero-order chi connectivity index (χ0) is 22.7. The fraction of sp³-hybridized carbons (Fsp3) is 0.385. The molecule has 5 atom stereocenters. The Morgan fingerprint density at radius 2 is 1.88 bits per heavy atom. The average molecular weight is 481 g/mol. The summed E-state index contributed by atoms with van der Waals surface area (Å²) in [4.78, 5) is 27.0. The second-order valence-electron chi connectivity index (χ2n) is 9.51. The van der Waals surface area contributed by atoms with Gasteiger partial charge in [0.05, 0.1) is 5.03 Å². The number of nitrogens with one attached hydrogen (secondary N) is 1. The number of para-hydroxylation sites is 1. The topological polar surface area (TPSA) is 51.1 Å². The molecule has 4 nitrogen and oxygen atoms in total. The van der Waals surface area contributed by atoms with Crippen molar-refractivity contribution >= 4 is 34.7 Å². The van der Waals surface area contributed by atoms with Gasteiger partial charge in [-0.05, 0) is 73.3 Å². The largest absolute Gasteiger partial charge is 0.324 e. The molecular weight excluding hydrogens is 455 g/mol. The van der Waals surface area contributed by atoms with Gasteiger partial charge >= 0.3 is 4.87 Å². The van der Waals surface area contributed by atoms with Crippen molar-refractivity contribution < 1.29 is 9.18 Å². The average Bonchev–Trinajstić information content (AvgIpc) is 3.49. The number of amides is 1. The van der Waals surface area contributed by atoms with Gasteiger partial charge < -0.3 is 5.32 Å². The van der Waals surface area contributed by atoms with Gasteiger partial charge in [0.15, 0.2) is 0 Å². The summed E-state index contributed by atoms with van der Waals surface area (Å²) in [5.41, 5.74) is 2.84. The standard InChI is InChI=1S/C26H25FN2O2S2/c1-14-4-2-3-5-19(14)28-20(30)13-29-25-24(33-26(29)31)21(15-8-10-18(27)11-9-15)22-16-6-7-17(12-16)23(22)32-25/h2-5,8-11,16-17,21-23H,6-7,12-13H2,1H3,(H,28,30).